The summed E-state index contributed by atoms with van der Waals surface area (Å²) in [7, 11) is 1.62. The van der Waals surface area contributed by atoms with Crippen LogP contribution in [0.25, 0.3) is 0 Å². The first kappa shape index (κ1) is 17.7. The Labute approximate surface area is 163 Å². The van der Waals surface area contributed by atoms with Crippen molar-refractivity contribution in [3.05, 3.63) is 82.6 Å². The van der Waals surface area contributed by atoms with Crippen LogP contribution in [-0.2, 0) is 0 Å². The third kappa shape index (κ3) is 2.78. The predicted octanol–water partition coefficient (Wildman–Crippen LogP) is 4.28. The van der Waals surface area contributed by atoms with Crippen molar-refractivity contribution in [2.75, 3.05) is 12.0 Å². The van der Waals surface area contributed by atoms with Gasteiger partial charge in [-0.2, -0.15) is 5.26 Å². The summed E-state index contributed by atoms with van der Waals surface area (Å²) in [5.74, 6) is 1.75. The van der Waals surface area contributed by atoms with Gasteiger partial charge in [-0.1, -0.05) is 29.8 Å². The van der Waals surface area contributed by atoms with E-state index in [0.717, 1.165) is 22.6 Å². The zero-order valence-corrected chi connectivity index (χ0v) is 15.9. The van der Waals surface area contributed by atoms with Crippen molar-refractivity contribution in [3.8, 4) is 11.8 Å². The van der Waals surface area contributed by atoms with Gasteiger partial charge in [-0.15, -0.1) is 0 Å². The third-order valence-electron chi connectivity index (χ3n) is 4.89. The number of methoxy groups -OCH3 is 1. The smallest absolute Gasteiger partial charge is 0.230 e. The van der Waals surface area contributed by atoms with Crippen molar-refractivity contribution >= 4 is 11.6 Å². The van der Waals surface area contributed by atoms with Crippen LogP contribution >= 0.6 is 0 Å². The molecule has 6 nitrogen and oxygen atoms in total. The van der Waals surface area contributed by atoms with Gasteiger partial charge in [0.2, 0.25) is 5.88 Å². The number of ether oxygens (including phenoxy) is 1. The van der Waals surface area contributed by atoms with Gasteiger partial charge in [0.25, 0.3) is 0 Å². The van der Waals surface area contributed by atoms with Gasteiger partial charge in [-0.25, -0.2) is 4.98 Å². The number of hydrogen-bond donors (Lipinski definition) is 1. The first-order valence-corrected chi connectivity index (χ1v) is 8.91. The predicted molar refractivity (Wildman–Crippen MR) is 106 cm³/mol. The van der Waals surface area contributed by atoms with Crippen LogP contribution in [0.3, 0.4) is 0 Å². The maximum Gasteiger partial charge on any atom is 0.230 e. The number of aryl methyl sites for hydroxylation is 2. The molecule has 0 radical (unpaired) electrons. The molecule has 28 heavy (non-hydrogen) atoms. The fourth-order valence-corrected chi connectivity index (χ4v) is 3.49. The lowest BCUT2D eigenvalue weighted by atomic mass is 9.86. The van der Waals surface area contributed by atoms with E-state index in [1.807, 2.05) is 55.5 Å². The van der Waals surface area contributed by atoms with Crippen molar-refractivity contribution in [2.24, 2.45) is 5.73 Å². The van der Waals surface area contributed by atoms with Gasteiger partial charge < -0.3 is 14.9 Å². The highest BCUT2D eigenvalue weighted by Crippen LogP contribution is 2.46. The number of hydrogen-bond acceptors (Lipinski definition) is 6. The van der Waals surface area contributed by atoms with Gasteiger partial charge >= 0.3 is 0 Å². The molecule has 1 unspecified atom stereocenters. The van der Waals surface area contributed by atoms with Gasteiger partial charge in [0, 0.05) is 6.92 Å². The molecule has 0 saturated heterocycles. The molecule has 6 heteroatoms. The monoisotopic (exact) mass is 372 g/mol. The van der Waals surface area contributed by atoms with E-state index in [2.05, 4.69) is 11.1 Å². The van der Waals surface area contributed by atoms with Crippen LogP contribution in [0, 0.1) is 25.2 Å². The number of nitrogens with zero attached hydrogens (tertiary/aromatic N) is 3. The fraction of sp³-hybridized carbons (Fsp3) is 0.182. The summed E-state index contributed by atoms with van der Waals surface area (Å²) in [6, 6.07) is 17.7. The molecular formula is C22H20N4O2. The minimum absolute atomic E-state index is 0.343. The van der Waals surface area contributed by atoms with E-state index in [4.69, 9.17) is 14.9 Å². The lowest BCUT2D eigenvalue weighted by molar-refractivity contribution is 0.414. The van der Waals surface area contributed by atoms with Crippen LogP contribution in [0.15, 0.2) is 64.3 Å². The molecule has 0 amide bonds. The number of nitrogens with two attached hydrogens (primary N) is 1. The maximum absolute atomic E-state index is 9.94. The van der Waals surface area contributed by atoms with Gasteiger partial charge in [-0.05, 0) is 36.8 Å². The van der Waals surface area contributed by atoms with Crippen molar-refractivity contribution in [2.45, 2.75) is 19.8 Å². The van der Waals surface area contributed by atoms with E-state index in [0.29, 0.717) is 28.9 Å². The van der Waals surface area contributed by atoms with E-state index in [1.165, 1.54) is 0 Å². The molecule has 0 saturated carbocycles. The minimum Gasteiger partial charge on any atom is -0.497 e. The fourth-order valence-electron chi connectivity index (χ4n) is 3.49. The molecule has 1 aromatic heterocycles. The van der Waals surface area contributed by atoms with Crippen LogP contribution in [0.2, 0.25) is 0 Å². The number of allylic oxidation sites excluding steroid dienone is 1. The summed E-state index contributed by atoms with van der Waals surface area (Å²) in [5.41, 5.74) is 10.4. The van der Waals surface area contributed by atoms with Gasteiger partial charge in [0.1, 0.15) is 17.3 Å². The second kappa shape index (κ2) is 6.78. The molecule has 1 atom stereocenters. The Balaban J connectivity index is 1.92. The van der Waals surface area contributed by atoms with Crippen molar-refractivity contribution in [1.29, 1.82) is 5.26 Å². The zero-order chi connectivity index (χ0) is 19.8. The molecule has 0 fully saturated rings. The molecule has 0 aliphatic carbocycles. The average molecular weight is 372 g/mol. The highest BCUT2D eigenvalue weighted by atomic mass is 16.5. The summed E-state index contributed by atoms with van der Waals surface area (Å²) in [6.45, 7) is 3.81. The van der Waals surface area contributed by atoms with E-state index in [-0.39, 0.29) is 0 Å². The molecule has 0 spiro atoms. The number of fused-ring (bicyclic) bond motifs is 1. The molecular weight excluding hydrogens is 352 g/mol. The highest BCUT2D eigenvalue weighted by molar-refractivity contribution is 5.73. The topological polar surface area (TPSA) is 88.3 Å². The number of nitriles is 1. The van der Waals surface area contributed by atoms with Gasteiger partial charge in [0.15, 0.2) is 5.89 Å². The summed E-state index contributed by atoms with van der Waals surface area (Å²) < 4.78 is 11.2. The Morgan fingerprint density at radius 2 is 1.79 bits per heavy atom. The largest absolute Gasteiger partial charge is 0.497 e. The Morgan fingerprint density at radius 3 is 2.39 bits per heavy atom. The van der Waals surface area contributed by atoms with Gasteiger partial charge in [-0.3, -0.25) is 4.90 Å². The summed E-state index contributed by atoms with van der Waals surface area (Å²) in [6.07, 6.45) is 0. The number of oxazole rings is 1. The Morgan fingerprint density at radius 1 is 1.11 bits per heavy atom. The van der Waals surface area contributed by atoms with Crippen molar-refractivity contribution in [3.63, 3.8) is 0 Å². The summed E-state index contributed by atoms with van der Waals surface area (Å²) in [4.78, 5) is 6.35. The van der Waals surface area contributed by atoms with Crippen LogP contribution < -0.4 is 15.4 Å². The SMILES string of the molecule is COc1ccc(C2C(C#N)=C(N)N(c3ccc(C)cc3)c3oc(C)nc32)cc1. The van der Waals surface area contributed by atoms with Gasteiger partial charge in [0.05, 0.1) is 30.4 Å². The van der Waals surface area contributed by atoms with Crippen molar-refractivity contribution in [1.82, 2.24) is 4.98 Å². The molecule has 1 aliphatic heterocycles. The highest BCUT2D eigenvalue weighted by Gasteiger charge is 2.38. The second-order valence-corrected chi connectivity index (χ2v) is 6.71. The first-order chi connectivity index (χ1) is 13.5. The molecule has 2 N–H and O–H groups in total. The molecule has 2 heterocycles. The lowest BCUT2D eigenvalue weighted by Gasteiger charge is -2.31. The number of rotatable bonds is 3. The van der Waals surface area contributed by atoms with E-state index in [9.17, 15) is 5.26 Å². The molecule has 3 aromatic rings. The van der Waals surface area contributed by atoms with E-state index in [1.54, 1.807) is 18.9 Å². The lowest BCUT2D eigenvalue weighted by Crippen LogP contribution is -2.31. The quantitative estimate of drug-likeness (QED) is 0.738. The van der Waals surface area contributed by atoms with Crippen LogP contribution in [-0.4, -0.2) is 12.1 Å². The summed E-state index contributed by atoms with van der Waals surface area (Å²) in [5, 5.41) is 9.94. The minimum atomic E-state index is -0.398. The molecule has 4 rings (SSSR count). The molecule has 0 bridgehead atoms. The van der Waals surface area contributed by atoms with Crippen molar-refractivity contribution < 1.29 is 9.15 Å². The number of aromatic nitrogens is 1. The standard InChI is InChI=1S/C22H20N4O2/c1-13-4-8-16(9-5-13)26-21(24)18(12-23)19(20-22(26)28-14(2)25-20)15-6-10-17(27-3)11-7-15/h4-11,19H,24H2,1-3H3. The van der Waals surface area contributed by atoms with Crippen LogP contribution in [0.1, 0.15) is 28.6 Å². The summed E-state index contributed by atoms with van der Waals surface area (Å²) >= 11 is 0. The first-order valence-electron chi connectivity index (χ1n) is 8.91. The normalized spacial score (nSPS) is 15.9. The molecule has 140 valence electrons. The number of benzene rings is 2. The molecule has 1 aliphatic rings. The van der Waals surface area contributed by atoms with E-state index >= 15 is 0 Å². The van der Waals surface area contributed by atoms with Crippen LogP contribution in [0.4, 0.5) is 11.6 Å². The van der Waals surface area contributed by atoms with E-state index < -0.39 is 5.92 Å². The average Bonchev–Trinajstić information content (AvgIpc) is 3.08. The Bertz CT molecular complexity index is 1090. The third-order valence-corrected chi connectivity index (χ3v) is 4.89. The Kier molecular flexibility index (Phi) is 4.28. The Hall–Kier alpha value is -3.72. The maximum atomic E-state index is 9.94. The second-order valence-electron chi connectivity index (χ2n) is 6.71. The number of anilines is 2. The van der Waals surface area contributed by atoms with Crippen LogP contribution in [0.5, 0.6) is 5.75 Å². The molecule has 2 aromatic carbocycles. The zero-order valence-electron chi connectivity index (χ0n) is 15.9.